The van der Waals surface area contributed by atoms with Gasteiger partial charge in [-0.2, -0.15) is 4.98 Å². The van der Waals surface area contributed by atoms with E-state index in [0.29, 0.717) is 17.7 Å². The highest BCUT2D eigenvalue weighted by atomic mass is 35.5. The summed E-state index contributed by atoms with van der Waals surface area (Å²) in [7, 11) is 0. The first-order chi connectivity index (χ1) is 8.74. The zero-order chi connectivity index (χ0) is 12.5. The molecule has 0 bridgehead atoms. The lowest BCUT2D eigenvalue weighted by atomic mass is 10.2. The van der Waals surface area contributed by atoms with Crippen molar-refractivity contribution in [2.45, 2.75) is 6.54 Å². The second kappa shape index (κ2) is 4.14. The Morgan fingerprint density at radius 3 is 2.88 bits per heavy atom. The van der Waals surface area contributed by atoms with Crippen molar-refractivity contribution in [2.75, 3.05) is 0 Å². The monoisotopic (exact) mass is 245 g/mol. The molecule has 2 heterocycles. The van der Waals surface area contributed by atoms with Crippen LogP contribution in [0.15, 0.2) is 42.8 Å². The summed E-state index contributed by atoms with van der Waals surface area (Å²) in [6.07, 6.45) is 1.71. The van der Waals surface area contributed by atoms with Crippen LogP contribution in [-0.2, 0) is 6.54 Å². The van der Waals surface area contributed by atoms with E-state index in [2.05, 4.69) is 15.0 Å². The van der Waals surface area contributed by atoms with Crippen LogP contribution < -0.4 is 0 Å². The van der Waals surface area contributed by atoms with E-state index in [1.54, 1.807) is 6.33 Å². The van der Waals surface area contributed by atoms with Crippen molar-refractivity contribution in [3.05, 3.63) is 53.7 Å². The molecule has 0 amide bonds. The van der Waals surface area contributed by atoms with Crippen LogP contribution >= 0.6 is 11.6 Å². The van der Waals surface area contributed by atoms with E-state index < -0.39 is 0 Å². The van der Waals surface area contributed by atoms with E-state index in [1.807, 2.05) is 34.9 Å². The fourth-order valence-corrected chi connectivity index (χ4v) is 1.80. The molecule has 0 atom stereocenters. The zero-order valence-corrected chi connectivity index (χ0v) is 9.59. The number of nitrogens with zero attached hydrogens (tertiary/aromatic N) is 4. The molecular formula is C12H9ClN4. The summed E-state index contributed by atoms with van der Waals surface area (Å²) in [5.74, 6) is 0. The second-order valence-corrected chi connectivity index (χ2v) is 3.97. The first-order valence-electron chi connectivity index (χ1n) is 5.63. The van der Waals surface area contributed by atoms with Crippen LogP contribution in [0, 0.1) is 0 Å². The van der Waals surface area contributed by atoms with Gasteiger partial charge in [-0.05, 0) is 17.2 Å². The Bertz CT molecular complexity index is 696. The van der Waals surface area contributed by atoms with Gasteiger partial charge >= 0.3 is 0 Å². The van der Waals surface area contributed by atoms with Crippen molar-refractivity contribution in [3.63, 3.8) is 0 Å². The normalized spacial score (nSPS) is 11.7. The summed E-state index contributed by atoms with van der Waals surface area (Å²) < 4.78 is 9.54. The van der Waals surface area contributed by atoms with Gasteiger partial charge in [-0.3, -0.25) is 0 Å². The maximum Gasteiger partial charge on any atom is 0.224 e. The highest BCUT2D eigenvalue weighted by Gasteiger charge is 2.05. The number of halogens is 1. The predicted molar refractivity (Wildman–Crippen MR) is 65.9 cm³/mol. The number of hydrogen-bond acceptors (Lipinski definition) is 3. The third-order valence-electron chi connectivity index (χ3n) is 2.46. The van der Waals surface area contributed by atoms with Crippen LogP contribution in [-0.4, -0.2) is 19.5 Å². The van der Waals surface area contributed by atoms with Crippen molar-refractivity contribution < 1.29 is 1.37 Å². The molecule has 0 fully saturated rings. The highest BCUT2D eigenvalue weighted by Crippen LogP contribution is 2.13. The zero-order valence-electron chi connectivity index (χ0n) is 9.84. The molecule has 0 spiro atoms. The Morgan fingerprint density at radius 1 is 1.24 bits per heavy atom. The topological polar surface area (TPSA) is 43.6 Å². The molecule has 0 saturated carbocycles. The van der Waals surface area contributed by atoms with Crippen LogP contribution in [0.25, 0.3) is 11.2 Å². The number of hydrogen-bond donors (Lipinski definition) is 0. The summed E-state index contributed by atoms with van der Waals surface area (Å²) in [5, 5.41) is 0.0716. The Balaban J connectivity index is 2.08. The van der Waals surface area contributed by atoms with Crippen molar-refractivity contribution in [2.24, 2.45) is 0 Å². The molecule has 3 aromatic rings. The maximum atomic E-state index is 7.69. The fraction of sp³-hybridized carbons (Fsp3) is 0.0833. The van der Waals surface area contributed by atoms with Crippen molar-refractivity contribution in [1.82, 2.24) is 19.5 Å². The van der Waals surface area contributed by atoms with E-state index in [0.717, 1.165) is 5.56 Å². The van der Waals surface area contributed by atoms with E-state index >= 15 is 0 Å². The molecule has 5 heteroatoms. The second-order valence-electron chi connectivity index (χ2n) is 3.63. The van der Waals surface area contributed by atoms with Gasteiger partial charge in [0.25, 0.3) is 0 Å². The fourth-order valence-electron chi connectivity index (χ4n) is 1.68. The molecule has 0 aliphatic rings. The van der Waals surface area contributed by atoms with Gasteiger partial charge in [0, 0.05) is 0 Å². The molecule has 4 nitrogen and oxygen atoms in total. The van der Waals surface area contributed by atoms with Gasteiger partial charge in [-0.15, -0.1) is 0 Å². The smallest absolute Gasteiger partial charge is 0.224 e. The predicted octanol–water partition coefficient (Wildman–Crippen LogP) is 2.53. The molecule has 0 radical (unpaired) electrons. The van der Waals surface area contributed by atoms with Gasteiger partial charge in [0.05, 0.1) is 20.4 Å². The minimum Gasteiger partial charge on any atom is -0.311 e. The third kappa shape index (κ3) is 1.99. The van der Waals surface area contributed by atoms with E-state index in [4.69, 9.17) is 13.0 Å². The Kier molecular flexibility index (Phi) is 2.22. The van der Waals surface area contributed by atoms with Crippen LogP contribution in [0.3, 0.4) is 0 Å². The van der Waals surface area contributed by atoms with Crippen molar-refractivity contribution in [3.8, 4) is 0 Å². The molecule has 1 aromatic carbocycles. The molecule has 0 N–H and O–H groups in total. The lowest BCUT2D eigenvalue weighted by Crippen LogP contribution is -1.99. The molecular weight excluding hydrogens is 236 g/mol. The van der Waals surface area contributed by atoms with Crippen LogP contribution in [0.2, 0.25) is 5.28 Å². The average molecular weight is 246 g/mol. The molecule has 0 saturated heterocycles. The van der Waals surface area contributed by atoms with Gasteiger partial charge in [0.15, 0.2) is 5.65 Å². The number of aromatic nitrogens is 4. The SMILES string of the molecule is [2H]c1nc(Cl)nc2c1ncn2Cc1ccccc1. The minimum absolute atomic E-state index is 0.0526. The molecule has 0 unspecified atom stereocenters. The van der Waals surface area contributed by atoms with Crippen LogP contribution in [0.5, 0.6) is 0 Å². The molecule has 0 aliphatic heterocycles. The Hall–Kier alpha value is -1.94. The minimum atomic E-state index is 0.0526. The number of benzene rings is 1. The summed E-state index contributed by atoms with van der Waals surface area (Å²) in [4.78, 5) is 12.0. The lowest BCUT2D eigenvalue weighted by Gasteiger charge is -2.03. The van der Waals surface area contributed by atoms with Crippen molar-refractivity contribution in [1.29, 1.82) is 0 Å². The van der Waals surface area contributed by atoms with Gasteiger partial charge in [-0.25, -0.2) is 9.97 Å². The number of imidazole rings is 1. The van der Waals surface area contributed by atoms with Gasteiger partial charge in [0.2, 0.25) is 5.28 Å². The van der Waals surface area contributed by atoms with E-state index in [1.165, 1.54) is 0 Å². The Morgan fingerprint density at radius 2 is 2.06 bits per heavy atom. The molecule has 17 heavy (non-hydrogen) atoms. The van der Waals surface area contributed by atoms with Crippen molar-refractivity contribution >= 4 is 22.8 Å². The number of rotatable bonds is 2. The third-order valence-corrected chi connectivity index (χ3v) is 2.63. The van der Waals surface area contributed by atoms with E-state index in [-0.39, 0.29) is 11.5 Å². The van der Waals surface area contributed by atoms with Crippen LogP contribution in [0.1, 0.15) is 6.93 Å². The van der Waals surface area contributed by atoms with Gasteiger partial charge in [-0.1, -0.05) is 30.3 Å². The highest BCUT2D eigenvalue weighted by molar-refractivity contribution is 6.28. The summed E-state index contributed by atoms with van der Waals surface area (Å²) in [6, 6.07) is 9.97. The first-order valence-corrected chi connectivity index (χ1v) is 5.51. The summed E-state index contributed by atoms with van der Waals surface area (Å²) in [6.45, 7) is 0.643. The van der Waals surface area contributed by atoms with Crippen LogP contribution in [0.4, 0.5) is 0 Å². The maximum absolute atomic E-state index is 7.69. The van der Waals surface area contributed by atoms with Gasteiger partial charge in [0.1, 0.15) is 5.52 Å². The molecule has 2 aromatic heterocycles. The summed E-state index contributed by atoms with van der Waals surface area (Å²) >= 11 is 5.77. The summed E-state index contributed by atoms with van der Waals surface area (Å²) in [5.41, 5.74) is 2.19. The molecule has 84 valence electrons. The van der Waals surface area contributed by atoms with E-state index in [9.17, 15) is 0 Å². The first kappa shape index (κ1) is 9.13. The standard InChI is InChI=1S/C12H9ClN4/c13-12-14-6-10-11(16-12)17(8-15-10)7-9-4-2-1-3-5-9/h1-6,8H,7H2/i6D. The molecule has 0 aliphatic carbocycles. The average Bonchev–Trinajstić information content (AvgIpc) is 2.74. The lowest BCUT2D eigenvalue weighted by molar-refractivity contribution is 0.813. The van der Waals surface area contributed by atoms with Gasteiger partial charge < -0.3 is 4.57 Å². The quantitative estimate of drug-likeness (QED) is 0.652. The number of fused-ring (bicyclic) bond motifs is 1. The Labute approximate surface area is 104 Å². The molecule has 3 rings (SSSR count). The largest absolute Gasteiger partial charge is 0.311 e.